The number of nitrogens with one attached hydrogen (secondary N) is 2. The van der Waals surface area contributed by atoms with Crippen molar-refractivity contribution in [2.75, 3.05) is 6.54 Å². The van der Waals surface area contributed by atoms with Gasteiger partial charge in [0.25, 0.3) is 0 Å². The zero-order valence-electron chi connectivity index (χ0n) is 11.8. The average Bonchev–Trinajstić information content (AvgIpc) is 2.36. The van der Waals surface area contributed by atoms with Crippen LogP contribution in [-0.2, 0) is 16.6 Å². The fourth-order valence-electron chi connectivity index (χ4n) is 1.58. The Morgan fingerprint density at radius 2 is 1.85 bits per heavy atom. The van der Waals surface area contributed by atoms with Gasteiger partial charge >= 0.3 is 0 Å². The van der Waals surface area contributed by atoms with Gasteiger partial charge in [-0.15, -0.1) is 0 Å². The summed E-state index contributed by atoms with van der Waals surface area (Å²) in [5, 5.41) is 3.70. The van der Waals surface area contributed by atoms with Crippen LogP contribution in [0.1, 0.15) is 32.8 Å². The second kappa shape index (κ2) is 7.61. The Labute approximate surface area is 130 Å². The minimum atomic E-state index is -3.63. The Morgan fingerprint density at radius 3 is 2.40 bits per heavy atom. The smallest absolute Gasteiger partial charge is 0.242 e. The largest absolute Gasteiger partial charge is 0.313 e. The van der Waals surface area contributed by atoms with Crippen molar-refractivity contribution in [2.24, 2.45) is 0 Å². The molecule has 0 saturated carbocycles. The highest BCUT2D eigenvalue weighted by atomic mass is 35.5. The SMILES string of the molecule is CCNCc1cc(S(=O)(=O)NC(C)CC)c(Cl)cc1Cl. The molecule has 114 valence electrons. The Bertz CT molecular complexity index is 562. The first-order valence-corrected chi connectivity index (χ1v) is 8.76. The topological polar surface area (TPSA) is 58.2 Å². The molecule has 7 heteroatoms. The van der Waals surface area contributed by atoms with Crippen LogP contribution in [0.15, 0.2) is 17.0 Å². The lowest BCUT2D eigenvalue weighted by Gasteiger charge is -2.15. The monoisotopic (exact) mass is 338 g/mol. The maximum Gasteiger partial charge on any atom is 0.242 e. The molecule has 0 spiro atoms. The molecule has 2 N–H and O–H groups in total. The van der Waals surface area contributed by atoms with Crippen molar-refractivity contribution in [3.05, 3.63) is 27.7 Å². The third kappa shape index (κ3) is 4.60. The lowest BCUT2D eigenvalue weighted by atomic mass is 10.2. The van der Waals surface area contributed by atoms with E-state index in [0.717, 1.165) is 6.54 Å². The van der Waals surface area contributed by atoms with E-state index < -0.39 is 10.0 Å². The fraction of sp³-hybridized carbons (Fsp3) is 0.538. The molecule has 0 bridgehead atoms. The highest BCUT2D eigenvalue weighted by Gasteiger charge is 2.21. The zero-order valence-corrected chi connectivity index (χ0v) is 14.2. The van der Waals surface area contributed by atoms with Crippen LogP contribution in [0.5, 0.6) is 0 Å². The molecule has 1 unspecified atom stereocenters. The van der Waals surface area contributed by atoms with Gasteiger partial charge in [0.05, 0.1) is 5.02 Å². The second-order valence-electron chi connectivity index (χ2n) is 4.58. The zero-order chi connectivity index (χ0) is 15.3. The third-order valence-electron chi connectivity index (χ3n) is 2.92. The lowest BCUT2D eigenvalue weighted by Crippen LogP contribution is -2.32. The van der Waals surface area contributed by atoms with Gasteiger partial charge in [0.15, 0.2) is 0 Å². The number of sulfonamides is 1. The van der Waals surface area contributed by atoms with Crippen molar-refractivity contribution in [1.82, 2.24) is 10.0 Å². The van der Waals surface area contributed by atoms with Crippen LogP contribution in [0.2, 0.25) is 10.0 Å². The van der Waals surface area contributed by atoms with Gasteiger partial charge in [-0.1, -0.05) is 37.0 Å². The Kier molecular flexibility index (Phi) is 6.75. The molecule has 1 rings (SSSR count). The normalized spacial score (nSPS) is 13.4. The summed E-state index contributed by atoms with van der Waals surface area (Å²) in [5.74, 6) is 0. The average molecular weight is 339 g/mol. The van der Waals surface area contributed by atoms with Crippen LogP contribution in [0.3, 0.4) is 0 Å². The van der Waals surface area contributed by atoms with Crippen LogP contribution in [0.25, 0.3) is 0 Å². The molecule has 1 atom stereocenters. The van der Waals surface area contributed by atoms with Crippen LogP contribution >= 0.6 is 23.2 Å². The van der Waals surface area contributed by atoms with Gasteiger partial charge in [-0.2, -0.15) is 0 Å². The molecule has 0 aliphatic rings. The number of hydrogen-bond acceptors (Lipinski definition) is 3. The van der Waals surface area contributed by atoms with E-state index in [1.807, 2.05) is 13.8 Å². The second-order valence-corrected chi connectivity index (χ2v) is 7.08. The molecule has 1 aromatic rings. The van der Waals surface area contributed by atoms with E-state index >= 15 is 0 Å². The van der Waals surface area contributed by atoms with Gasteiger partial charge in [-0.05, 0) is 37.6 Å². The van der Waals surface area contributed by atoms with Crippen LogP contribution in [0.4, 0.5) is 0 Å². The van der Waals surface area contributed by atoms with Crippen LogP contribution in [-0.4, -0.2) is 21.0 Å². The van der Waals surface area contributed by atoms with Crippen molar-refractivity contribution < 1.29 is 8.42 Å². The summed E-state index contributed by atoms with van der Waals surface area (Å²) in [5.41, 5.74) is 0.711. The van der Waals surface area contributed by atoms with E-state index in [1.54, 1.807) is 6.92 Å². The van der Waals surface area contributed by atoms with Crippen LogP contribution < -0.4 is 10.0 Å². The molecule has 0 radical (unpaired) electrons. The molecule has 0 aromatic heterocycles. The quantitative estimate of drug-likeness (QED) is 0.802. The van der Waals surface area contributed by atoms with Gasteiger partial charge in [0.2, 0.25) is 10.0 Å². The predicted molar refractivity (Wildman–Crippen MR) is 83.9 cm³/mol. The summed E-state index contributed by atoms with van der Waals surface area (Å²) in [6.45, 7) is 6.95. The third-order valence-corrected chi connectivity index (χ3v) is 5.33. The van der Waals surface area contributed by atoms with E-state index in [4.69, 9.17) is 23.2 Å². The number of hydrogen-bond donors (Lipinski definition) is 2. The Hall–Kier alpha value is -0.330. The van der Waals surface area contributed by atoms with E-state index in [9.17, 15) is 8.42 Å². The van der Waals surface area contributed by atoms with Gasteiger partial charge in [0.1, 0.15) is 4.90 Å². The number of benzene rings is 1. The summed E-state index contributed by atoms with van der Waals surface area (Å²) in [7, 11) is -3.63. The first-order chi connectivity index (χ1) is 9.31. The Morgan fingerprint density at radius 1 is 1.20 bits per heavy atom. The van der Waals surface area contributed by atoms with Crippen molar-refractivity contribution in [3.8, 4) is 0 Å². The predicted octanol–water partition coefficient (Wildman–Crippen LogP) is 3.18. The van der Waals surface area contributed by atoms with E-state index in [0.29, 0.717) is 23.6 Å². The fourth-order valence-corrected chi connectivity index (χ4v) is 3.78. The summed E-state index contributed by atoms with van der Waals surface area (Å²) in [6, 6.07) is 2.85. The lowest BCUT2D eigenvalue weighted by molar-refractivity contribution is 0.555. The van der Waals surface area contributed by atoms with E-state index in [2.05, 4.69) is 10.0 Å². The van der Waals surface area contributed by atoms with Crippen LogP contribution in [0, 0.1) is 0 Å². The molecule has 1 aromatic carbocycles. The maximum atomic E-state index is 12.3. The molecular weight excluding hydrogens is 319 g/mol. The van der Waals surface area contributed by atoms with E-state index in [1.165, 1.54) is 12.1 Å². The number of rotatable bonds is 7. The van der Waals surface area contributed by atoms with Crippen molar-refractivity contribution >= 4 is 33.2 Å². The van der Waals surface area contributed by atoms with Gasteiger partial charge < -0.3 is 5.32 Å². The minimum Gasteiger partial charge on any atom is -0.313 e. The number of halogens is 2. The van der Waals surface area contributed by atoms with Crippen molar-refractivity contribution in [3.63, 3.8) is 0 Å². The molecule has 0 aliphatic carbocycles. The van der Waals surface area contributed by atoms with Gasteiger partial charge in [-0.25, -0.2) is 13.1 Å². The van der Waals surface area contributed by atoms with Crippen molar-refractivity contribution in [2.45, 2.75) is 44.7 Å². The first kappa shape index (κ1) is 17.7. The molecule has 0 amide bonds. The van der Waals surface area contributed by atoms with Crippen molar-refractivity contribution in [1.29, 1.82) is 0 Å². The maximum absolute atomic E-state index is 12.3. The Balaban J connectivity index is 3.16. The minimum absolute atomic E-state index is 0.0665. The summed E-state index contributed by atoms with van der Waals surface area (Å²) in [6.07, 6.45) is 0.703. The highest BCUT2D eigenvalue weighted by molar-refractivity contribution is 7.89. The summed E-state index contributed by atoms with van der Waals surface area (Å²) in [4.78, 5) is 0.0665. The molecule has 0 aliphatic heterocycles. The van der Waals surface area contributed by atoms with Gasteiger partial charge in [0, 0.05) is 17.6 Å². The molecule has 0 fully saturated rings. The standard InChI is InChI=1S/C13H20Cl2N2O2S/c1-4-9(3)17-20(18,19)13-6-10(8-16-5-2)11(14)7-12(13)15/h6-7,9,16-17H,4-5,8H2,1-3H3. The van der Waals surface area contributed by atoms with E-state index in [-0.39, 0.29) is 16.0 Å². The highest BCUT2D eigenvalue weighted by Crippen LogP contribution is 2.28. The molecule has 20 heavy (non-hydrogen) atoms. The van der Waals surface area contributed by atoms with Gasteiger partial charge in [-0.3, -0.25) is 0 Å². The summed E-state index contributed by atoms with van der Waals surface area (Å²) < 4.78 is 27.2. The molecule has 0 heterocycles. The first-order valence-electron chi connectivity index (χ1n) is 6.52. The molecule has 0 saturated heterocycles. The molecular formula is C13H20Cl2N2O2S. The summed E-state index contributed by atoms with van der Waals surface area (Å²) >= 11 is 12.1. The molecule has 4 nitrogen and oxygen atoms in total.